The van der Waals surface area contributed by atoms with Crippen LogP contribution in [0.25, 0.3) is 10.4 Å². The van der Waals surface area contributed by atoms with Crippen molar-refractivity contribution in [2.75, 3.05) is 47.1 Å². The summed E-state index contributed by atoms with van der Waals surface area (Å²) in [4.78, 5) is 39.0. The normalized spacial score (nSPS) is 18.5. The number of amides is 2. The van der Waals surface area contributed by atoms with Crippen molar-refractivity contribution in [2.45, 2.75) is 95.7 Å². The lowest BCUT2D eigenvalue weighted by Crippen LogP contribution is -2.54. The lowest BCUT2D eigenvalue weighted by Gasteiger charge is -2.48. The predicted octanol–water partition coefficient (Wildman–Crippen LogP) is 3.41. The number of benzene rings is 2. The number of hydrogen-bond donors (Lipinski definition) is 4. The highest BCUT2D eigenvalue weighted by Gasteiger charge is 2.43. The molecule has 0 spiro atoms. The number of fused-ring (bicyclic) bond motifs is 4. The average Bonchev–Trinajstić information content (AvgIpc) is 3.16. The molecule has 2 amide bonds. The van der Waals surface area contributed by atoms with Gasteiger partial charge in [-0.1, -0.05) is 5.11 Å². The molecule has 0 saturated carbocycles. The molecule has 0 radical (unpaired) electrons. The molecule has 64 heavy (non-hydrogen) atoms. The van der Waals surface area contributed by atoms with E-state index in [-0.39, 0.29) is 62.9 Å². The Morgan fingerprint density at radius 1 is 0.953 bits per heavy atom. The number of nitrogens with zero attached hydrogens (tertiary/aromatic N) is 7. The van der Waals surface area contributed by atoms with Gasteiger partial charge >= 0.3 is 0 Å². The van der Waals surface area contributed by atoms with E-state index in [1.807, 2.05) is 32.6 Å². The van der Waals surface area contributed by atoms with Gasteiger partial charge in [0.15, 0.2) is 17.0 Å². The zero-order chi connectivity index (χ0) is 46.8. The fourth-order valence-electron chi connectivity index (χ4n) is 8.93. The number of ether oxygens (including phenoxy) is 1. The largest absolute Gasteiger partial charge is 0.748 e. The minimum absolute atomic E-state index is 0.00144. The molecule has 2 unspecified atom stereocenters. The third-order valence-electron chi connectivity index (χ3n) is 11.6. The molecule has 3 aliphatic heterocycles. The molecule has 6 rings (SSSR count). The lowest BCUT2D eigenvalue weighted by atomic mass is 9.79. The van der Waals surface area contributed by atoms with Gasteiger partial charge in [0.2, 0.25) is 17.2 Å². The Morgan fingerprint density at radius 3 is 2.30 bits per heavy atom. The Kier molecular flexibility index (Phi) is 14.1. The summed E-state index contributed by atoms with van der Waals surface area (Å²) >= 11 is 0. The van der Waals surface area contributed by atoms with E-state index in [4.69, 9.17) is 15.3 Å². The van der Waals surface area contributed by atoms with Crippen molar-refractivity contribution in [1.82, 2.24) is 14.9 Å². The Morgan fingerprint density at radius 2 is 1.66 bits per heavy atom. The summed E-state index contributed by atoms with van der Waals surface area (Å²) in [6.07, 6.45) is 2.49. The van der Waals surface area contributed by atoms with Crippen molar-refractivity contribution in [3.8, 4) is 11.5 Å². The highest BCUT2D eigenvalue weighted by molar-refractivity contribution is 7.86. The van der Waals surface area contributed by atoms with Gasteiger partial charge in [0.05, 0.1) is 46.1 Å². The van der Waals surface area contributed by atoms with Crippen LogP contribution < -0.4 is 35.6 Å². The summed E-state index contributed by atoms with van der Waals surface area (Å²) < 4.78 is 112. The van der Waals surface area contributed by atoms with Gasteiger partial charge < -0.3 is 24.8 Å². The zero-order valence-corrected chi connectivity index (χ0v) is 38.2. The van der Waals surface area contributed by atoms with Gasteiger partial charge in [-0.2, -0.15) is 16.8 Å². The van der Waals surface area contributed by atoms with Crippen molar-refractivity contribution >= 4 is 59.2 Å². The molecule has 1 aromatic heterocycles. The van der Waals surface area contributed by atoms with Crippen LogP contribution in [-0.2, 0) is 46.5 Å². The number of rotatable bonds is 18. The van der Waals surface area contributed by atoms with Crippen molar-refractivity contribution in [3.63, 3.8) is 0 Å². The van der Waals surface area contributed by atoms with Crippen LogP contribution in [-0.4, -0.2) is 104 Å². The first-order chi connectivity index (χ1) is 29.8. The van der Waals surface area contributed by atoms with Crippen LogP contribution in [0.4, 0.5) is 17.1 Å². The lowest BCUT2D eigenvalue weighted by molar-refractivity contribution is -0.121. The summed E-state index contributed by atoms with van der Waals surface area (Å²) in [6, 6.07) is 10.0. The fourth-order valence-corrected chi connectivity index (χ4v) is 11.0. The summed E-state index contributed by atoms with van der Waals surface area (Å²) in [6.45, 7) is 8.22. The van der Waals surface area contributed by atoms with Crippen LogP contribution in [0.3, 0.4) is 0 Å². The standard InChI is InChI=1S/C40H51N9O12S3/c1-39(2)19-25(23-63(55,56)57)29-15-31-35(17-33(29)48(39)12-5-7-37(50)42-11-10-38(51)45-28-9-8-27(43-21-28)22-44-47-41)61-36-18-34-30(16-32(36)46-31)26(24-64(58,59)60)20-40(3,4)49(34)13-6-14-62(52,53)54/h8-9,15-18,21,25-26H,5-7,10-14,19-20,22-24H2,1-4H3,(H4-,42,45,50,51,52,53,54,55,56,57,58,59,60). The van der Waals surface area contributed by atoms with E-state index in [2.05, 4.69) is 30.2 Å². The molecule has 4 heterocycles. The van der Waals surface area contributed by atoms with Gasteiger partial charge in [-0.05, 0) is 75.9 Å². The van der Waals surface area contributed by atoms with Crippen LogP contribution in [0, 0.1) is 0 Å². The number of nitrogens with one attached hydrogen (secondary N) is 2. The van der Waals surface area contributed by atoms with E-state index in [9.17, 15) is 48.5 Å². The second kappa shape index (κ2) is 18.7. The summed E-state index contributed by atoms with van der Waals surface area (Å²) in [5.74, 6) is -3.13. The molecule has 24 heteroatoms. The maximum Gasteiger partial charge on any atom is 0.265 e. The smallest absolute Gasteiger partial charge is 0.265 e. The Bertz CT molecular complexity index is 2850. The fraction of sp³-hybridized carbons (Fsp3) is 0.525. The molecule has 0 saturated heterocycles. The van der Waals surface area contributed by atoms with Gasteiger partial charge in [0, 0.05) is 89.8 Å². The molecular formula is C40H51N9O12S3. The molecular weight excluding hydrogens is 895 g/mol. The van der Waals surface area contributed by atoms with Gasteiger partial charge in [0.25, 0.3) is 20.2 Å². The number of hydrogen-bond acceptors (Lipinski definition) is 14. The molecule has 2 atom stereocenters. The molecule has 21 nitrogen and oxygen atoms in total. The van der Waals surface area contributed by atoms with Gasteiger partial charge in [-0.15, -0.1) is 0 Å². The number of anilines is 2. The van der Waals surface area contributed by atoms with Crippen molar-refractivity contribution in [1.29, 1.82) is 0 Å². The van der Waals surface area contributed by atoms with E-state index < -0.39 is 70.5 Å². The van der Waals surface area contributed by atoms with Crippen LogP contribution in [0.15, 0.2) is 52.7 Å². The SMILES string of the molecule is CC1(C)CC(CS(=O)(=O)O)c2cc3c(cc2N1CCCS(=O)(=O)[O-])Oc1cc2c(cc1=N3)C(CS(=O)(=O)O)CC(C)(C)[N+]=2CCCC(=O)NCCC(=O)Nc1ccc(CN=[N+]=[N-])nc1. The Balaban J connectivity index is 1.26. The van der Waals surface area contributed by atoms with Gasteiger partial charge in [-0.25, -0.2) is 18.0 Å². The predicted molar refractivity (Wildman–Crippen MR) is 234 cm³/mol. The van der Waals surface area contributed by atoms with Crippen LogP contribution in [0.2, 0.25) is 0 Å². The van der Waals surface area contributed by atoms with E-state index in [1.54, 1.807) is 36.4 Å². The minimum Gasteiger partial charge on any atom is -0.748 e. The Labute approximate surface area is 370 Å². The summed E-state index contributed by atoms with van der Waals surface area (Å²) in [5, 5.41) is 9.84. The quantitative estimate of drug-likeness (QED) is 0.0365. The maximum absolute atomic E-state index is 12.9. The average molecular weight is 946 g/mol. The van der Waals surface area contributed by atoms with E-state index in [0.717, 1.165) is 0 Å². The first-order valence-electron chi connectivity index (χ1n) is 20.5. The summed E-state index contributed by atoms with van der Waals surface area (Å²) in [5.41, 5.74) is 9.97. The van der Waals surface area contributed by atoms with Crippen molar-refractivity contribution < 1.29 is 53.2 Å². The van der Waals surface area contributed by atoms with Crippen molar-refractivity contribution in [2.24, 2.45) is 10.1 Å². The molecule has 0 aliphatic carbocycles. The number of carbonyl (C=O) groups excluding carboxylic acids is 2. The monoisotopic (exact) mass is 945 g/mol. The molecule has 3 aromatic rings. The third-order valence-corrected chi connectivity index (χ3v) is 14.0. The topological polar surface area (TPSA) is 314 Å². The number of carbonyl (C=O) groups is 2. The highest BCUT2D eigenvalue weighted by atomic mass is 32.2. The number of pyridine rings is 1. The van der Waals surface area contributed by atoms with E-state index in [0.29, 0.717) is 69.7 Å². The number of azide groups is 1. The van der Waals surface area contributed by atoms with Gasteiger partial charge in [0.1, 0.15) is 17.6 Å². The minimum atomic E-state index is -4.51. The molecule has 2 aromatic carbocycles. The van der Waals surface area contributed by atoms with E-state index in [1.165, 1.54) is 6.20 Å². The third kappa shape index (κ3) is 12.3. The maximum atomic E-state index is 12.9. The van der Waals surface area contributed by atoms with Crippen LogP contribution >= 0.6 is 0 Å². The Hall–Kier alpha value is -5.23. The second-order valence-electron chi connectivity index (χ2n) is 17.5. The zero-order valence-electron chi connectivity index (χ0n) is 35.7. The van der Waals surface area contributed by atoms with Gasteiger partial charge in [-0.3, -0.25) is 23.7 Å². The highest BCUT2D eigenvalue weighted by Crippen LogP contribution is 2.49. The first-order valence-corrected chi connectivity index (χ1v) is 25.3. The molecule has 4 N–H and O–H groups in total. The van der Waals surface area contributed by atoms with Crippen LogP contribution in [0.5, 0.6) is 11.5 Å². The molecule has 346 valence electrons. The first kappa shape index (κ1) is 48.2. The molecule has 3 aliphatic rings. The van der Waals surface area contributed by atoms with E-state index >= 15 is 0 Å². The molecule has 0 fully saturated rings. The second-order valence-corrected chi connectivity index (χ2v) is 22.0. The molecule has 0 bridgehead atoms. The van der Waals surface area contributed by atoms with Crippen LogP contribution in [0.1, 0.15) is 94.9 Å². The van der Waals surface area contributed by atoms with Crippen molar-refractivity contribution in [3.05, 3.63) is 80.6 Å². The summed E-state index contributed by atoms with van der Waals surface area (Å²) in [7, 11) is -13.4. The number of aromatic nitrogens is 1.